The number of H-pyrrole nitrogens is 1. The maximum atomic E-state index is 14.2. The maximum Gasteiger partial charge on any atom is 0.407 e. The summed E-state index contributed by atoms with van der Waals surface area (Å²) >= 11 is 0. The number of likely N-dealkylation sites (tertiary alicyclic amines) is 2. The fourth-order valence-corrected chi connectivity index (χ4v) is 11.3. The minimum atomic E-state index is -0.690. The van der Waals surface area contributed by atoms with Crippen molar-refractivity contribution in [1.29, 1.82) is 0 Å². The van der Waals surface area contributed by atoms with Gasteiger partial charge < -0.3 is 39.6 Å². The smallest absolute Gasteiger partial charge is 0.407 e. The molecule has 0 spiro atoms. The summed E-state index contributed by atoms with van der Waals surface area (Å²) in [5.41, 5.74) is 7.16. The highest BCUT2D eigenvalue weighted by Gasteiger charge is 2.52. The number of amides is 4. The average Bonchev–Trinajstić information content (AvgIpc) is 4.17. The molecule has 0 unspecified atom stereocenters. The van der Waals surface area contributed by atoms with E-state index in [2.05, 4.69) is 76.3 Å². The zero-order chi connectivity index (χ0) is 43.5. The highest BCUT2D eigenvalue weighted by molar-refractivity contribution is 6.08. The number of carbonyl (C=O) groups excluding carboxylic acids is 4. The molecule has 6 atom stereocenters. The van der Waals surface area contributed by atoms with Gasteiger partial charge in [-0.3, -0.25) is 14.6 Å². The van der Waals surface area contributed by atoms with Crippen LogP contribution in [0, 0.1) is 17.8 Å². The first-order valence-electron chi connectivity index (χ1n) is 22.6. The first-order valence-corrected chi connectivity index (χ1v) is 22.6. The topological polar surface area (TPSA) is 168 Å². The molecule has 63 heavy (non-hydrogen) atoms. The van der Waals surface area contributed by atoms with Gasteiger partial charge in [-0.2, -0.15) is 0 Å². The third kappa shape index (κ3) is 7.35. The van der Waals surface area contributed by atoms with Gasteiger partial charge in [0.15, 0.2) is 0 Å². The van der Waals surface area contributed by atoms with Gasteiger partial charge in [0.2, 0.25) is 11.8 Å². The molecule has 0 radical (unpaired) electrons. The van der Waals surface area contributed by atoms with E-state index < -0.39 is 24.3 Å². The minimum Gasteiger partial charge on any atom is -0.453 e. The molecule has 1 aromatic heterocycles. The van der Waals surface area contributed by atoms with Crippen LogP contribution in [0.2, 0.25) is 0 Å². The average molecular weight is 854 g/mol. The molecule has 4 aromatic carbocycles. The Morgan fingerprint density at radius 2 is 1.54 bits per heavy atom. The number of fused-ring (bicyclic) bond motifs is 8. The third-order valence-corrected chi connectivity index (χ3v) is 14.4. The molecule has 3 N–H and O–H groups in total. The Balaban J connectivity index is 0.885. The standard InChI is InChI=1S/C49H55N7O7/c1-26(2)41(53-48(59)61-3)47(58)56-33-12-7-32(24-33)44(56)39-25-36-34-13-8-28(22-30(34)10-15-37(36)50-39)29-9-14-35-31(23-29)11-16-38-43(35)52-45(51-38)40-6-5-19-55(40)46(57)42(54-49(60)62-4)27-17-20-63-21-18-27/h8-11,13-16,22-23,26-27,32-33,40-42,44H,5-7,12,17-21,24-25H2,1-4H3,(H,51,52)(H,53,59)(H,54,60)/t32-,33+,40+,41+,42+,44+/m1/s1. The van der Waals surface area contributed by atoms with E-state index in [4.69, 9.17) is 24.2 Å². The summed E-state index contributed by atoms with van der Waals surface area (Å²) in [6.07, 6.45) is 5.50. The Hall–Kier alpha value is -6.02. The lowest BCUT2D eigenvalue weighted by atomic mass is 9.89. The largest absolute Gasteiger partial charge is 0.453 e. The molecule has 4 aliphatic heterocycles. The Kier molecular flexibility index (Phi) is 10.8. The Labute approximate surface area is 366 Å². The number of hydrogen-bond donors (Lipinski definition) is 3. The summed E-state index contributed by atoms with van der Waals surface area (Å²) in [5, 5.41) is 10.0. The van der Waals surface area contributed by atoms with Crippen LogP contribution >= 0.6 is 0 Å². The van der Waals surface area contributed by atoms with Gasteiger partial charge in [0, 0.05) is 43.3 Å². The molecular weight excluding hydrogens is 799 g/mol. The lowest BCUT2D eigenvalue weighted by Gasteiger charge is -2.38. The van der Waals surface area contributed by atoms with Crippen LogP contribution in [0.3, 0.4) is 0 Å². The van der Waals surface area contributed by atoms with Crippen LogP contribution in [0.4, 0.5) is 15.3 Å². The number of benzene rings is 4. The quantitative estimate of drug-likeness (QED) is 0.135. The summed E-state index contributed by atoms with van der Waals surface area (Å²) in [4.78, 5) is 70.7. The second-order valence-corrected chi connectivity index (χ2v) is 18.3. The molecule has 2 bridgehead atoms. The van der Waals surface area contributed by atoms with E-state index in [-0.39, 0.29) is 41.8 Å². The normalized spacial score (nSPS) is 23.0. The fourth-order valence-electron chi connectivity index (χ4n) is 11.3. The first-order chi connectivity index (χ1) is 30.6. The van der Waals surface area contributed by atoms with Crippen molar-refractivity contribution in [2.45, 2.75) is 95.4 Å². The number of nitrogens with one attached hydrogen (secondary N) is 3. The number of nitrogens with zero attached hydrogens (tertiary/aromatic N) is 4. The van der Waals surface area contributed by atoms with Crippen molar-refractivity contribution < 1.29 is 33.4 Å². The van der Waals surface area contributed by atoms with E-state index in [1.165, 1.54) is 19.8 Å². The molecule has 14 nitrogen and oxygen atoms in total. The van der Waals surface area contributed by atoms with Gasteiger partial charge in [0.05, 0.1) is 43.0 Å². The molecule has 328 valence electrons. The Morgan fingerprint density at radius 3 is 2.29 bits per heavy atom. The van der Waals surface area contributed by atoms with Gasteiger partial charge in [-0.25, -0.2) is 14.6 Å². The van der Waals surface area contributed by atoms with Crippen LogP contribution in [0.1, 0.15) is 76.2 Å². The molecule has 1 aliphatic carbocycles. The predicted molar refractivity (Wildman–Crippen MR) is 240 cm³/mol. The molecule has 5 aliphatic rings. The highest BCUT2D eigenvalue weighted by Crippen LogP contribution is 2.47. The van der Waals surface area contributed by atoms with E-state index in [0.29, 0.717) is 44.9 Å². The number of ether oxygens (including phenoxy) is 3. The van der Waals surface area contributed by atoms with Crippen molar-refractivity contribution in [2.24, 2.45) is 22.7 Å². The number of aliphatic imine (C=N–C) groups is 1. The van der Waals surface area contributed by atoms with Crippen LogP contribution in [0.25, 0.3) is 43.7 Å². The van der Waals surface area contributed by atoms with E-state index in [1.54, 1.807) is 0 Å². The lowest BCUT2D eigenvalue weighted by Crippen LogP contribution is -2.57. The third-order valence-electron chi connectivity index (χ3n) is 14.4. The first kappa shape index (κ1) is 41.0. The van der Waals surface area contributed by atoms with Gasteiger partial charge in [-0.15, -0.1) is 0 Å². The molecule has 3 saturated heterocycles. The van der Waals surface area contributed by atoms with Crippen molar-refractivity contribution in [3.8, 4) is 11.1 Å². The van der Waals surface area contributed by atoms with Crippen LogP contribution in [0.5, 0.6) is 0 Å². The minimum absolute atomic E-state index is 0.0322. The summed E-state index contributed by atoms with van der Waals surface area (Å²) in [5.74, 6) is 0.824. The molecular formula is C49H55N7O7. The van der Waals surface area contributed by atoms with E-state index >= 15 is 0 Å². The predicted octanol–water partition coefficient (Wildman–Crippen LogP) is 7.74. The number of imidazole rings is 1. The number of rotatable bonds is 9. The molecule has 5 aromatic rings. The molecule has 5 heterocycles. The zero-order valence-corrected chi connectivity index (χ0v) is 36.3. The lowest BCUT2D eigenvalue weighted by molar-refractivity contribution is -0.137. The number of aromatic amines is 1. The molecule has 14 heteroatoms. The van der Waals surface area contributed by atoms with Gasteiger partial charge in [-0.1, -0.05) is 50.2 Å². The number of carbonyl (C=O) groups is 4. The summed E-state index contributed by atoms with van der Waals surface area (Å²) in [7, 11) is 2.64. The van der Waals surface area contributed by atoms with E-state index in [1.807, 2.05) is 23.6 Å². The van der Waals surface area contributed by atoms with Gasteiger partial charge >= 0.3 is 12.2 Å². The summed E-state index contributed by atoms with van der Waals surface area (Å²) < 4.78 is 15.3. The van der Waals surface area contributed by atoms with E-state index in [0.717, 1.165) is 93.0 Å². The van der Waals surface area contributed by atoms with Gasteiger partial charge in [0.25, 0.3) is 0 Å². The fraction of sp³-hybridized carbons (Fsp3) is 0.469. The number of piperidine rings is 1. The highest BCUT2D eigenvalue weighted by atomic mass is 16.5. The van der Waals surface area contributed by atoms with Crippen LogP contribution in [-0.2, 0) is 30.2 Å². The number of methoxy groups -OCH3 is 2. The van der Waals surface area contributed by atoms with Crippen molar-refractivity contribution in [1.82, 2.24) is 30.4 Å². The van der Waals surface area contributed by atoms with Crippen molar-refractivity contribution >= 4 is 68.0 Å². The molecule has 4 amide bonds. The molecule has 4 fully saturated rings. The number of hydrogen-bond acceptors (Lipinski definition) is 9. The van der Waals surface area contributed by atoms with Gasteiger partial charge in [0.1, 0.15) is 17.9 Å². The Bertz CT molecular complexity index is 2670. The molecule has 1 saturated carbocycles. The zero-order valence-electron chi connectivity index (χ0n) is 36.3. The van der Waals surface area contributed by atoms with Crippen LogP contribution < -0.4 is 10.6 Å². The SMILES string of the molecule is COC(=O)N[C@H](C(=O)N1[C@H]2CC[C@H](C2)[C@H]1C1=Nc2ccc3cc(-c4ccc5c(ccc6[nH]c([C@@H]7CCCN7C(=O)[C@@H](NC(=O)OC)C7CCOCC7)nc65)c4)ccc3c2C1)C(C)C. The maximum absolute atomic E-state index is 14.2. The van der Waals surface area contributed by atoms with Crippen LogP contribution in [0.15, 0.2) is 65.7 Å². The summed E-state index contributed by atoms with van der Waals surface area (Å²) in [6.45, 7) is 5.61. The van der Waals surface area contributed by atoms with Crippen molar-refractivity contribution in [2.75, 3.05) is 34.0 Å². The second kappa shape index (κ2) is 16.6. The van der Waals surface area contributed by atoms with Crippen molar-refractivity contribution in [3.05, 3.63) is 72.1 Å². The van der Waals surface area contributed by atoms with Gasteiger partial charge in [-0.05, 0) is 120 Å². The molecule has 10 rings (SSSR count). The van der Waals surface area contributed by atoms with Crippen molar-refractivity contribution in [3.63, 3.8) is 0 Å². The number of aromatic nitrogens is 2. The summed E-state index contributed by atoms with van der Waals surface area (Å²) in [6, 6.07) is 20.0. The van der Waals surface area contributed by atoms with Crippen LogP contribution in [-0.4, -0.2) is 108 Å². The Morgan fingerprint density at radius 1 is 0.825 bits per heavy atom. The second-order valence-electron chi connectivity index (χ2n) is 18.3. The monoisotopic (exact) mass is 853 g/mol. The number of alkyl carbamates (subject to hydrolysis) is 2. The van der Waals surface area contributed by atoms with E-state index in [9.17, 15) is 19.2 Å².